The van der Waals surface area contributed by atoms with Crippen molar-refractivity contribution in [2.75, 3.05) is 6.61 Å². The fourth-order valence-corrected chi connectivity index (χ4v) is 3.51. The van der Waals surface area contributed by atoms with Crippen LogP contribution in [0.4, 0.5) is 8.78 Å². The minimum Gasteiger partial charge on any atom is -0.466 e. The zero-order chi connectivity index (χ0) is 23.4. The number of benzene rings is 1. The second kappa shape index (κ2) is 18.6. The molecule has 0 aromatic heterocycles. The molecule has 1 aromatic rings. The SMILES string of the molecule is CCCCCCCCCCCCCCOC(=O)CCCCC(=O)Oc1cc(F)cc(F)c1. The van der Waals surface area contributed by atoms with Gasteiger partial charge in [0.05, 0.1) is 6.61 Å². The Bertz CT molecular complexity index is 628. The van der Waals surface area contributed by atoms with Crippen molar-refractivity contribution in [1.82, 2.24) is 0 Å². The normalized spacial score (nSPS) is 10.8. The number of rotatable bonds is 19. The van der Waals surface area contributed by atoms with E-state index < -0.39 is 17.6 Å². The molecule has 0 unspecified atom stereocenters. The highest BCUT2D eigenvalue weighted by Crippen LogP contribution is 2.16. The molecule has 32 heavy (non-hydrogen) atoms. The molecule has 0 atom stereocenters. The lowest BCUT2D eigenvalue weighted by Crippen LogP contribution is -2.09. The Labute approximate surface area is 192 Å². The van der Waals surface area contributed by atoms with Crippen LogP contribution in [0.15, 0.2) is 18.2 Å². The Hall–Kier alpha value is -1.98. The van der Waals surface area contributed by atoms with Gasteiger partial charge >= 0.3 is 11.9 Å². The fourth-order valence-electron chi connectivity index (χ4n) is 3.51. The molecule has 0 aliphatic heterocycles. The van der Waals surface area contributed by atoms with E-state index in [4.69, 9.17) is 9.47 Å². The first-order valence-corrected chi connectivity index (χ1v) is 12.3. The van der Waals surface area contributed by atoms with Crippen molar-refractivity contribution >= 4 is 11.9 Å². The third-order valence-electron chi connectivity index (χ3n) is 5.34. The average molecular weight is 455 g/mol. The van der Waals surface area contributed by atoms with E-state index in [1.165, 1.54) is 64.2 Å². The molecule has 0 saturated carbocycles. The van der Waals surface area contributed by atoms with Crippen molar-refractivity contribution in [3.8, 4) is 5.75 Å². The molecule has 4 nitrogen and oxygen atoms in total. The third-order valence-corrected chi connectivity index (χ3v) is 5.34. The molecule has 0 fully saturated rings. The van der Waals surface area contributed by atoms with Gasteiger partial charge in [-0.2, -0.15) is 0 Å². The van der Waals surface area contributed by atoms with Gasteiger partial charge in [0.15, 0.2) is 0 Å². The summed E-state index contributed by atoms with van der Waals surface area (Å²) in [6.45, 7) is 2.69. The third kappa shape index (κ3) is 15.8. The van der Waals surface area contributed by atoms with Crippen LogP contribution in [0.3, 0.4) is 0 Å². The van der Waals surface area contributed by atoms with E-state index in [-0.39, 0.29) is 24.6 Å². The summed E-state index contributed by atoms with van der Waals surface area (Å²) in [5.74, 6) is -2.60. The molecule has 1 aromatic carbocycles. The second-order valence-electron chi connectivity index (χ2n) is 8.40. The summed E-state index contributed by atoms with van der Waals surface area (Å²) in [4.78, 5) is 23.4. The van der Waals surface area contributed by atoms with E-state index in [0.29, 0.717) is 25.5 Å². The van der Waals surface area contributed by atoms with Gasteiger partial charge in [-0.3, -0.25) is 9.59 Å². The predicted octanol–water partition coefficient (Wildman–Crippen LogP) is 7.67. The predicted molar refractivity (Wildman–Crippen MR) is 122 cm³/mol. The van der Waals surface area contributed by atoms with Crippen molar-refractivity contribution in [3.05, 3.63) is 29.8 Å². The lowest BCUT2D eigenvalue weighted by molar-refractivity contribution is -0.144. The van der Waals surface area contributed by atoms with Gasteiger partial charge in [-0.1, -0.05) is 77.6 Å². The maximum absolute atomic E-state index is 13.1. The van der Waals surface area contributed by atoms with Gasteiger partial charge in [0.2, 0.25) is 0 Å². The van der Waals surface area contributed by atoms with E-state index in [9.17, 15) is 18.4 Å². The van der Waals surface area contributed by atoms with Crippen LogP contribution >= 0.6 is 0 Å². The topological polar surface area (TPSA) is 52.6 Å². The van der Waals surface area contributed by atoms with Crippen molar-refractivity contribution in [2.24, 2.45) is 0 Å². The Morgan fingerprint density at radius 3 is 1.66 bits per heavy atom. The second-order valence-corrected chi connectivity index (χ2v) is 8.40. The van der Waals surface area contributed by atoms with Gasteiger partial charge in [-0.05, 0) is 19.3 Å². The molecule has 0 aliphatic carbocycles. The van der Waals surface area contributed by atoms with Crippen LogP contribution < -0.4 is 4.74 Å². The molecule has 182 valence electrons. The largest absolute Gasteiger partial charge is 0.466 e. The lowest BCUT2D eigenvalue weighted by atomic mass is 10.1. The zero-order valence-corrected chi connectivity index (χ0v) is 19.6. The first kappa shape index (κ1) is 28.1. The first-order chi connectivity index (χ1) is 15.5. The number of esters is 2. The smallest absolute Gasteiger partial charge is 0.311 e. The van der Waals surface area contributed by atoms with Crippen molar-refractivity contribution in [1.29, 1.82) is 0 Å². The fraction of sp³-hybridized carbons (Fsp3) is 0.692. The van der Waals surface area contributed by atoms with Gasteiger partial charge in [0, 0.05) is 31.0 Å². The molecule has 0 heterocycles. The summed E-state index contributed by atoms with van der Waals surface area (Å²) in [6.07, 6.45) is 16.4. The maximum atomic E-state index is 13.1. The lowest BCUT2D eigenvalue weighted by Gasteiger charge is -2.06. The summed E-state index contributed by atoms with van der Waals surface area (Å²) < 4.78 is 36.3. The summed E-state index contributed by atoms with van der Waals surface area (Å²) in [5.41, 5.74) is 0. The van der Waals surface area contributed by atoms with Crippen LogP contribution in [0.25, 0.3) is 0 Å². The number of halogens is 2. The Kier molecular flexibility index (Phi) is 16.3. The van der Waals surface area contributed by atoms with E-state index in [2.05, 4.69) is 6.92 Å². The monoisotopic (exact) mass is 454 g/mol. The van der Waals surface area contributed by atoms with E-state index in [0.717, 1.165) is 25.0 Å². The zero-order valence-electron chi connectivity index (χ0n) is 19.6. The van der Waals surface area contributed by atoms with Gasteiger partial charge in [0.25, 0.3) is 0 Å². The molecule has 0 radical (unpaired) electrons. The van der Waals surface area contributed by atoms with Gasteiger partial charge < -0.3 is 9.47 Å². The summed E-state index contributed by atoms with van der Waals surface area (Å²) in [7, 11) is 0. The molecule has 1 rings (SSSR count). The molecule has 0 spiro atoms. The van der Waals surface area contributed by atoms with Crippen LogP contribution in [0, 0.1) is 11.6 Å². The maximum Gasteiger partial charge on any atom is 0.311 e. The van der Waals surface area contributed by atoms with Crippen molar-refractivity contribution < 1.29 is 27.8 Å². The van der Waals surface area contributed by atoms with Gasteiger partial charge in [-0.15, -0.1) is 0 Å². The standard InChI is InChI=1S/C26H40F2O4/c1-2-3-4-5-6-7-8-9-10-11-12-15-18-31-25(29)16-13-14-17-26(30)32-24-20-22(27)19-23(28)21-24/h19-21H,2-18H2,1H3. The Morgan fingerprint density at radius 2 is 1.12 bits per heavy atom. The summed E-state index contributed by atoms with van der Waals surface area (Å²) in [6, 6.07) is 2.61. The molecule has 0 saturated heterocycles. The van der Waals surface area contributed by atoms with Crippen LogP contribution in [-0.2, 0) is 14.3 Å². The molecule has 0 amide bonds. The van der Waals surface area contributed by atoms with Gasteiger partial charge in [0.1, 0.15) is 17.4 Å². The van der Waals surface area contributed by atoms with Crippen molar-refractivity contribution in [3.63, 3.8) is 0 Å². The minimum absolute atomic E-state index is 0.0736. The van der Waals surface area contributed by atoms with Crippen LogP contribution in [-0.4, -0.2) is 18.5 Å². The number of carbonyl (C=O) groups excluding carboxylic acids is 2. The molecule has 0 aliphatic rings. The number of unbranched alkanes of at least 4 members (excludes halogenated alkanes) is 12. The highest BCUT2D eigenvalue weighted by molar-refractivity contribution is 5.72. The number of hydrogen-bond donors (Lipinski definition) is 0. The van der Waals surface area contributed by atoms with E-state index >= 15 is 0 Å². The van der Waals surface area contributed by atoms with Crippen LogP contribution in [0.2, 0.25) is 0 Å². The average Bonchev–Trinajstić information content (AvgIpc) is 2.74. The quantitative estimate of drug-likeness (QED) is 0.122. The highest BCUT2D eigenvalue weighted by atomic mass is 19.1. The van der Waals surface area contributed by atoms with Gasteiger partial charge in [-0.25, -0.2) is 8.78 Å². The molecule has 0 N–H and O–H groups in total. The van der Waals surface area contributed by atoms with E-state index in [1.54, 1.807) is 0 Å². The van der Waals surface area contributed by atoms with E-state index in [1.807, 2.05) is 0 Å². The number of ether oxygens (including phenoxy) is 2. The summed E-state index contributed by atoms with van der Waals surface area (Å²) in [5, 5.41) is 0. The molecule has 0 bridgehead atoms. The van der Waals surface area contributed by atoms with Crippen LogP contribution in [0.1, 0.15) is 110 Å². The number of carbonyl (C=O) groups is 2. The Balaban J connectivity index is 1.90. The first-order valence-electron chi connectivity index (χ1n) is 12.3. The minimum atomic E-state index is -0.802. The number of hydrogen-bond acceptors (Lipinski definition) is 4. The molecular weight excluding hydrogens is 414 g/mol. The molecule has 6 heteroatoms. The van der Waals surface area contributed by atoms with Crippen molar-refractivity contribution in [2.45, 2.75) is 110 Å². The highest BCUT2D eigenvalue weighted by Gasteiger charge is 2.09. The molecular formula is C26H40F2O4. The van der Waals surface area contributed by atoms with Crippen LogP contribution in [0.5, 0.6) is 5.75 Å². The summed E-state index contributed by atoms with van der Waals surface area (Å²) >= 11 is 0. The Morgan fingerprint density at radius 1 is 0.656 bits per heavy atom.